The first kappa shape index (κ1) is 11.4. The first-order chi connectivity index (χ1) is 7.66. The molecule has 0 amide bonds. The Labute approximate surface area is 91.6 Å². The normalized spacial score (nSPS) is 17.7. The van der Waals surface area contributed by atoms with Crippen LogP contribution in [-0.2, 0) is 11.3 Å². The second-order valence-electron chi connectivity index (χ2n) is 3.76. The maximum Gasteiger partial charge on any atom is 0.194 e. The molecule has 1 aromatic carbocycles. The smallest absolute Gasteiger partial charge is 0.194 e. The molecule has 5 heteroatoms. The second kappa shape index (κ2) is 4.84. The average molecular weight is 231 g/mol. The van der Waals surface area contributed by atoms with Crippen LogP contribution in [0.3, 0.4) is 0 Å². The third-order valence-corrected chi connectivity index (χ3v) is 2.55. The SMILES string of the molecule is Fc1cc(CN2CCOCC2)cc(F)c1F. The van der Waals surface area contributed by atoms with Gasteiger partial charge >= 0.3 is 0 Å². The molecule has 0 radical (unpaired) electrons. The van der Waals surface area contributed by atoms with E-state index in [0.29, 0.717) is 25.3 Å². The summed E-state index contributed by atoms with van der Waals surface area (Å²) in [5.41, 5.74) is 0.443. The van der Waals surface area contributed by atoms with E-state index in [4.69, 9.17) is 4.74 Å². The predicted octanol–water partition coefficient (Wildman–Crippen LogP) is 1.94. The van der Waals surface area contributed by atoms with Crippen LogP contribution < -0.4 is 0 Å². The molecule has 1 aromatic rings. The van der Waals surface area contributed by atoms with Crippen LogP contribution in [0.15, 0.2) is 12.1 Å². The van der Waals surface area contributed by atoms with Gasteiger partial charge in [-0.3, -0.25) is 4.90 Å². The zero-order valence-corrected chi connectivity index (χ0v) is 8.68. The Hall–Kier alpha value is -1.07. The fraction of sp³-hybridized carbons (Fsp3) is 0.455. The highest BCUT2D eigenvalue weighted by atomic mass is 19.2. The van der Waals surface area contributed by atoms with E-state index in [0.717, 1.165) is 25.2 Å². The first-order valence-corrected chi connectivity index (χ1v) is 5.10. The Morgan fingerprint density at radius 3 is 2.19 bits per heavy atom. The molecule has 1 aliphatic rings. The fourth-order valence-corrected chi connectivity index (χ4v) is 1.72. The summed E-state index contributed by atoms with van der Waals surface area (Å²) in [7, 11) is 0. The third kappa shape index (κ3) is 2.54. The monoisotopic (exact) mass is 231 g/mol. The van der Waals surface area contributed by atoms with Crippen molar-refractivity contribution in [3.8, 4) is 0 Å². The quantitative estimate of drug-likeness (QED) is 0.721. The van der Waals surface area contributed by atoms with Crippen molar-refractivity contribution in [1.29, 1.82) is 0 Å². The Balaban J connectivity index is 2.09. The number of nitrogens with zero attached hydrogens (tertiary/aromatic N) is 1. The van der Waals surface area contributed by atoms with E-state index < -0.39 is 17.5 Å². The van der Waals surface area contributed by atoms with E-state index in [-0.39, 0.29) is 0 Å². The number of halogens is 3. The average Bonchev–Trinajstić information content (AvgIpc) is 2.27. The summed E-state index contributed by atoms with van der Waals surface area (Å²) >= 11 is 0. The van der Waals surface area contributed by atoms with Gasteiger partial charge in [0.15, 0.2) is 17.5 Å². The molecule has 0 spiro atoms. The van der Waals surface area contributed by atoms with Gasteiger partial charge in [-0.1, -0.05) is 0 Å². The van der Waals surface area contributed by atoms with Crippen LogP contribution in [0.4, 0.5) is 13.2 Å². The molecule has 0 N–H and O–H groups in total. The summed E-state index contributed by atoms with van der Waals surface area (Å²) in [4.78, 5) is 2.01. The molecule has 1 saturated heterocycles. The summed E-state index contributed by atoms with van der Waals surface area (Å²) in [6.07, 6.45) is 0. The molecule has 0 saturated carbocycles. The van der Waals surface area contributed by atoms with E-state index in [9.17, 15) is 13.2 Å². The van der Waals surface area contributed by atoms with Crippen molar-refractivity contribution >= 4 is 0 Å². The van der Waals surface area contributed by atoms with Gasteiger partial charge in [-0.25, -0.2) is 13.2 Å². The summed E-state index contributed by atoms with van der Waals surface area (Å²) in [6.45, 7) is 3.09. The molecule has 88 valence electrons. The lowest BCUT2D eigenvalue weighted by atomic mass is 10.2. The number of benzene rings is 1. The van der Waals surface area contributed by atoms with E-state index >= 15 is 0 Å². The topological polar surface area (TPSA) is 12.5 Å². The van der Waals surface area contributed by atoms with Gasteiger partial charge in [0, 0.05) is 19.6 Å². The van der Waals surface area contributed by atoms with Gasteiger partial charge in [0.25, 0.3) is 0 Å². The van der Waals surface area contributed by atoms with Crippen LogP contribution in [0.5, 0.6) is 0 Å². The minimum Gasteiger partial charge on any atom is -0.379 e. The van der Waals surface area contributed by atoms with Crippen LogP contribution in [0, 0.1) is 17.5 Å². The second-order valence-corrected chi connectivity index (χ2v) is 3.76. The molecule has 2 rings (SSSR count). The van der Waals surface area contributed by atoms with Crippen LogP contribution in [0.25, 0.3) is 0 Å². The molecule has 1 fully saturated rings. The first-order valence-electron chi connectivity index (χ1n) is 5.10. The van der Waals surface area contributed by atoms with Crippen LogP contribution in [0.1, 0.15) is 5.56 Å². The summed E-state index contributed by atoms with van der Waals surface area (Å²) in [6, 6.07) is 2.07. The maximum atomic E-state index is 12.9. The number of rotatable bonds is 2. The van der Waals surface area contributed by atoms with Crippen molar-refractivity contribution in [2.75, 3.05) is 26.3 Å². The minimum atomic E-state index is -1.41. The minimum absolute atomic E-state index is 0.414. The standard InChI is InChI=1S/C11H12F3NO/c12-9-5-8(6-10(13)11(9)14)7-15-1-3-16-4-2-15/h5-6H,1-4,7H2. The highest BCUT2D eigenvalue weighted by Gasteiger charge is 2.14. The molecule has 0 atom stereocenters. The van der Waals surface area contributed by atoms with Gasteiger partial charge in [0.2, 0.25) is 0 Å². The molecule has 0 bridgehead atoms. The number of hydrogen-bond acceptors (Lipinski definition) is 2. The van der Waals surface area contributed by atoms with Crippen molar-refractivity contribution in [2.45, 2.75) is 6.54 Å². The Kier molecular flexibility index (Phi) is 3.46. The summed E-state index contributed by atoms with van der Waals surface area (Å²) in [5.74, 6) is -3.68. The molecule has 2 nitrogen and oxygen atoms in total. The lowest BCUT2D eigenvalue weighted by molar-refractivity contribution is 0.0341. The van der Waals surface area contributed by atoms with E-state index in [1.165, 1.54) is 0 Å². The summed E-state index contributed by atoms with van der Waals surface area (Å²) in [5, 5.41) is 0. The molecule has 0 unspecified atom stereocenters. The molecular weight excluding hydrogens is 219 g/mol. The van der Waals surface area contributed by atoms with Crippen molar-refractivity contribution in [3.63, 3.8) is 0 Å². The van der Waals surface area contributed by atoms with E-state index in [1.54, 1.807) is 0 Å². The molecule has 16 heavy (non-hydrogen) atoms. The summed E-state index contributed by atoms with van der Waals surface area (Å²) < 4.78 is 43.7. The van der Waals surface area contributed by atoms with E-state index in [1.807, 2.05) is 4.90 Å². The largest absolute Gasteiger partial charge is 0.379 e. The predicted molar refractivity (Wildman–Crippen MR) is 52.4 cm³/mol. The lowest BCUT2D eigenvalue weighted by Gasteiger charge is -2.26. The Morgan fingerprint density at radius 1 is 1.06 bits per heavy atom. The van der Waals surface area contributed by atoms with Gasteiger partial charge in [0.05, 0.1) is 13.2 Å². The Bertz CT molecular complexity index is 354. The zero-order chi connectivity index (χ0) is 11.5. The molecular formula is C11H12F3NO. The van der Waals surface area contributed by atoms with Crippen LogP contribution in [-0.4, -0.2) is 31.2 Å². The highest BCUT2D eigenvalue weighted by molar-refractivity contribution is 5.19. The molecule has 0 aliphatic carbocycles. The maximum absolute atomic E-state index is 12.9. The van der Waals surface area contributed by atoms with Crippen molar-refractivity contribution < 1.29 is 17.9 Å². The van der Waals surface area contributed by atoms with Gasteiger partial charge in [-0.15, -0.1) is 0 Å². The zero-order valence-electron chi connectivity index (χ0n) is 8.68. The number of hydrogen-bond donors (Lipinski definition) is 0. The number of morpholine rings is 1. The molecule has 1 heterocycles. The fourth-order valence-electron chi connectivity index (χ4n) is 1.72. The van der Waals surface area contributed by atoms with Gasteiger partial charge < -0.3 is 4.74 Å². The van der Waals surface area contributed by atoms with Gasteiger partial charge in [0.1, 0.15) is 0 Å². The van der Waals surface area contributed by atoms with Gasteiger partial charge in [-0.2, -0.15) is 0 Å². The van der Waals surface area contributed by atoms with Crippen LogP contribution >= 0.6 is 0 Å². The number of ether oxygens (including phenoxy) is 1. The van der Waals surface area contributed by atoms with E-state index in [2.05, 4.69) is 0 Å². The molecule has 1 aliphatic heterocycles. The molecule has 0 aromatic heterocycles. The van der Waals surface area contributed by atoms with Crippen molar-refractivity contribution in [3.05, 3.63) is 35.1 Å². The van der Waals surface area contributed by atoms with Gasteiger partial charge in [-0.05, 0) is 17.7 Å². The highest BCUT2D eigenvalue weighted by Crippen LogP contribution is 2.15. The lowest BCUT2D eigenvalue weighted by Crippen LogP contribution is -2.35. The van der Waals surface area contributed by atoms with Crippen molar-refractivity contribution in [2.24, 2.45) is 0 Å². The third-order valence-electron chi connectivity index (χ3n) is 2.55. The van der Waals surface area contributed by atoms with Crippen LogP contribution in [0.2, 0.25) is 0 Å². The Morgan fingerprint density at radius 2 is 1.62 bits per heavy atom. The van der Waals surface area contributed by atoms with Crippen molar-refractivity contribution in [1.82, 2.24) is 4.90 Å².